The number of hydrogen-bond acceptors (Lipinski definition) is 3. The van der Waals surface area contributed by atoms with Gasteiger partial charge in [-0.3, -0.25) is 9.78 Å². The molecule has 4 heteroatoms. The van der Waals surface area contributed by atoms with Gasteiger partial charge in [-0.2, -0.15) is 0 Å². The minimum Gasteiger partial charge on any atom is -0.378 e. The minimum absolute atomic E-state index is 0.208. The van der Waals surface area contributed by atoms with E-state index in [0.717, 1.165) is 16.3 Å². The zero-order chi connectivity index (χ0) is 16.2. The smallest absolute Gasteiger partial charge is 0.254 e. The van der Waals surface area contributed by atoms with Crippen LogP contribution >= 0.6 is 0 Å². The topological polar surface area (TPSA) is 62.2 Å². The van der Waals surface area contributed by atoms with Crippen LogP contribution in [0.25, 0.3) is 10.8 Å². The first-order chi connectivity index (χ1) is 11.2. The zero-order valence-electron chi connectivity index (χ0n) is 12.8. The third kappa shape index (κ3) is 3.22. The number of amides is 1. The van der Waals surface area contributed by atoms with Crippen LogP contribution in [0.4, 0.5) is 0 Å². The second kappa shape index (κ2) is 6.58. The number of nitrogens with one attached hydrogen (secondary N) is 1. The van der Waals surface area contributed by atoms with Gasteiger partial charge in [0.2, 0.25) is 0 Å². The summed E-state index contributed by atoms with van der Waals surface area (Å²) in [5.41, 5.74) is 1.50. The zero-order valence-corrected chi connectivity index (χ0v) is 12.8. The molecule has 4 nitrogen and oxygen atoms in total. The van der Waals surface area contributed by atoms with Gasteiger partial charge >= 0.3 is 0 Å². The van der Waals surface area contributed by atoms with Crippen molar-refractivity contribution in [2.45, 2.75) is 19.1 Å². The monoisotopic (exact) mass is 306 g/mol. The molecule has 2 aromatic carbocycles. The van der Waals surface area contributed by atoms with Gasteiger partial charge in [0.15, 0.2) is 6.10 Å². The van der Waals surface area contributed by atoms with Crippen LogP contribution < -0.4 is 5.32 Å². The second-order valence-corrected chi connectivity index (χ2v) is 5.49. The van der Waals surface area contributed by atoms with Crippen molar-refractivity contribution in [2.24, 2.45) is 0 Å². The van der Waals surface area contributed by atoms with Gasteiger partial charge < -0.3 is 10.4 Å². The molecule has 3 rings (SSSR count). The van der Waals surface area contributed by atoms with E-state index in [1.54, 1.807) is 18.3 Å². The number of aliphatic hydroxyl groups is 1. The first-order valence-corrected chi connectivity index (χ1v) is 7.53. The van der Waals surface area contributed by atoms with Gasteiger partial charge in [-0.05, 0) is 29.3 Å². The lowest BCUT2D eigenvalue weighted by atomic mass is 9.99. The fourth-order valence-corrected chi connectivity index (χ4v) is 2.69. The van der Waals surface area contributed by atoms with Crippen molar-refractivity contribution >= 4 is 16.7 Å². The molecule has 0 radical (unpaired) electrons. The maximum Gasteiger partial charge on any atom is 0.254 e. The first-order valence-electron chi connectivity index (χ1n) is 7.53. The van der Waals surface area contributed by atoms with Gasteiger partial charge in [-0.15, -0.1) is 0 Å². The molecule has 0 bridgehead atoms. The average molecular weight is 306 g/mol. The largest absolute Gasteiger partial charge is 0.378 e. The predicted octanol–water partition coefficient (Wildman–Crippen LogP) is 3.15. The van der Waals surface area contributed by atoms with Gasteiger partial charge in [0.25, 0.3) is 5.91 Å². The van der Waals surface area contributed by atoms with Crippen LogP contribution in [-0.4, -0.2) is 16.0 Å². The number of fused-ring (bicyclic) bond motifs is 1. The van der Waals surface area contributed by atoms with E-state index in [1.165, 1.54) is 6.20 Å². The Morgan fingerprint density at radius 2 is 1.87 bits per heavy atom. The Balaban J connectivity index is 1.81. The number of benzene rings is 2. The summed E-state index contributed by atoms with van der Waals surface area (Å²) in [4.78, 5) is 16.2. The molecule has 0 unspecified atom stereocenters. The summed E-state index contributed by atoms with van der Waals surface area (Å²) in [6.45, 7) is 1.91. The summed E-state index contributed by atoms with van der Waals surface area (Å²) in [6, 6.07) is 17.2. The Morgan fingerprint density at radius 1 is 1.09 bits per heavy atom. The Bertz CT molecular complexity index is 812. The van der Waals surface area contributed by atoms with Crippen LogP contribution in [0.1, 0.15) is 30.2 Å². The van der Waals surface area contributed by atoms with Crippen molar-refractivity contribution in [1.82, 2.24) is 10.3 Å². The molecule has 1 amide bonds. The van der Waals surface area contributed by atoms with E-state index in [2.05, 4.69) is 10.3 Å². The van der Waals surface area contributed by atoms with Crippen LogP contribution in [0.15, 0.2) is 67.0 Å². The van der Waals surface area contributed by atoms with Crippen molar-refractivity contribution in [3.63, 3.8) is 0 Å². The quantitative estimate of drug-likeness (QED) is 0.778. The summed E-state index contributed by atoms with van der Waals surface area (Å²) in [5, 5.41) is 15.2. The van der Waals surface area contributed by atoms with Crippen molar-refractivity contribution in [3.8, 4) is 0 Å². The van der Waals surface area contributed by atoms with Gasteiger partial charge in [0.1, 0.15) is 0 Å². The highest BCUT2D eigenvalue weighted by molar-refractivity contribution is 5.87. The standard InChI is InChI=1S/C19H18N2O2/c1-13(16-10-4-7-14-6-2-3-9-17(14)16)21-19(23)18(22)15-8-5-11-20-12-15/h2-13,18,22H,1H3,(H,21,23)/t13-,18-/m0/s1. The highest BCUT2D eigenvalue weighted by atomic mass is 16.3. The number of carbonyl (C=O) groups excluding carboxylic acids is 1. The van der Waals surface area contributed by atoms with E-state index in [-0.39, 0.29) is 6.04 Å². The summed E-state index contributed by atoms with van der Waals surface area (Å²) in [7, 11) is 0. The van der Waals surface area contributed by atoms with E-state index in [4.69, 9.17) is 0 Å². The van der Waals surface area contributed by atoms with E-state index in [1.807, 2.05) is 49.4 Å². The molecular weight excluding hydrogens is 288 g/mol. The van der Waals surface area contributed by atoms with Crippen LogP contribution in [0.3, 0.4) is 0 Å². The first kappa shape index (κ1) is 15.2. The molecule has 1 aromatic heterocycles. The Labute approximate surface area is 134 Å². The molecule has 0 spiro atoms. The number of rotatable bonds is 4. The molecule has 0 aliphatic heterocycles. The molecule has 23 heavy (non-hydrogen) atoms. The molecule has 2 N–H and O–H groups in total. The summed E-state index contributed by atoms with van der Waals surface area (Å²) >= 11 is 0. The van der Waals surface area contributed by atoms with Crippen molar-refractivity contribution in [3.05, 3.63) is 78.1 Å². The lowest BCUT2D eigenvalue weighted by Crippen LogP contribution is -2.31. The third-order valence-electron chi connectivity index (χ3n) is 3.90. The predicted molar refractivity (Wildman–Crippen MR) is 89.7 cm³/mol. The molecule has 0 saturated heterocycles. The fraction of sp³-hybridized carbons (Fsp3) is 0.158. The van der Waals surface area contributed by atoms with E-state index >= 15 is 0 Å². The Hall–Kier alpha value is -2.72. The molecule has 0 aliphatic carbocycles. The van der Waals surface area contributed by atoms with Crippen LogP contribution in [0.5, 0.6) is 0 Å². The lowest BCUT2D eigenvalue weighted by Gasteiger charge is -2.19. The molecule has 1 heterocycles. The van der Waals surface area contributed by atoms with Crippen molar-refractivity contribution in [1.29, 1.82) is 0 Å². The summed E-state index contributed by atoms with van der Waals surface area (Å²) in [6.07, 6.45) is 1.88. The van der Waals surface area contributed by atoms with Crippen LogP contribution in [0, 0.1) is 0 Å². The molecule has 2 atom stereocenters. The summed E-state index contributed by atoms with van der Waals surface area (Å²) in [5.74, 6) is -0.432. The van der Waals surface area contributed by atoms with Gasteiger partial charge in [0, 0.05) is 18.0 Å². The van der Waals surface area contributed by atoms with Crippen LogP contribution in [0.2, 0.25) is 0 Å². The highest BCUT2D eigenvalue weighted by Crippen LogP contribution is 2.24. The van der Waals surface area contributed by atoms with Crippen molar-refractivity contribution < 1.29 is 9.90 Å². The number of aliphatic hydroxyl groups excluding tert-OH is 1. The second-order valence-electron chi connectivity index (χ2n) is 5.49. The fourth-order valence-electron chi connectivity index (χ4n) is 2.69. The normalized spacial score (nSPS) is 13.5. The minimum atomic E-state index is -1.22. The average Bonchev–Trinajstić information content (AvgIpc) is 2.61. The van der Waals surface area contributed by atoms with Crippen molar-refractivity contribution in [2.75, 3.05) is 0 Å². The third-order valence-corrected chi connectivity index (χ3v) is 3.90. The molecule has 0 fully saturated rings. The maximum absolute atomic E-state index is 12.3. The lowest BCUT2D eigenvalue weighted by molar-refractivity contribution is -0.130. The van der Waals surface area contributed by atoms with Gasteiger partial charge in [-0.1, -0.05) is 48.5 Å². The number of pyridine rings is 1. The number of carbonyl (C=O) groups is 1. The van der Waals surface area contributed by atoms with E-state index < -0.39 is 12.0 Å². The molecular formula is C19H18N2O2. The van der Waals surface area contributed by atoms with E-state index in [0.29, 0.717) is 5.56 Å². The summed E-state index contributed by atoms with van der Waals surface area (Å²) < 4.78 is 0. The van der Waals surface area contributed by atoms with E-state index in [9.17, 15) is 9.90 Å². The van der Waals surface area contributed by atoms with Gasteiger partial charge in [0.05, 0.1) is 6.04 Å². The highest BCUT2D eigenvalue weighted by Gasteiger charge is 2.20. The Kier molecular flexibility index (Phi) is 4.35. The van der Waals surface area contributed by atoms with Crippen LogP contribution in [-0.2, 0) is 4.79 Å². The number of nitrogens with zero attached hydrogens (tertiary/aromatic N) is 1. The molecule has 0 aliphatic rings. The van der Waals surface area contributed by atoms with Gasteiger partial charge in [-0.25, -0.2) is 0 Å². The molecule has 0 saturated carbocycles. The SMILES string of the molecule is C[C@H](NC(=O)[C@@H](O)c1cccnc1)c1cccc2ccccc12. The molecule has 3 aromatic rings. The number of aromatic nitrogens is 1. The Morgan fingerprint density at radius 3 is 2.65 bits per heavy atom. The maximum atomic E-state index is 12.3. The number of hydrogen-bond donors (Lipinski definition) is 2. The molecule has 116 valence electrons.